The Bertz CT molecular complexity index is 361. The molecule has 1 aliphatic rings. The van der Waals surface area contributed by atoms with Gasteiger partial charge in [0.15, 0.2) is 0 Å². The molecule has 0 unspecified atom stereocenters. The van der Waals surface area contributed by atoms with E-state index in [1.807, 2.05) is 6.92 Å². The maximum Gasteiger partial charge on any atom is 0.261 e. The van der Waals surface area contributed by atoms with Crippen molar-refractivity contribution in [3.8, 4) is 0 Å². The van der Waals surface area contributed by atoms with E-state index in [1.54, 1.807) is 6.07 Å². The molecule has 2 rings (SSSR count). The van der Waals surface area contributed by atoms with E-state index < -0.39 is 0 Å². The fraction of sp³-hybridized carbons (Fsp3) is 0.583. The van der Waals surface area contributed by atoms with Crippen molar-refractivity contribution in [1.29, 1.82) is 0 Å². The molecule has 0 aliphatic heterocycles. The molecule has 16 heavy (non-hydrogen) atoms. The SMILES string of the molecule is Cc1sc(C(=O)NC2CCCCC2)cc1N. The predicted molar refractivity (Wildman–Crippen MR) is 67.8 cm³/mol. The fourth-order valence-corrected chi connectivity index (χ4v) is 2.96. The van der Waals surface area contributed by atoms with Crippen molar-refractivity contribution in [2.24, 2.45) is 0 Å². The van der Waals surface area contributed by atoms with Gasteiger partial charge < -0.3 is 11.1 Å². The van der Waals surface area contributed by atoms with Crippen molar-refractivity contribution in [3.05, 3.63) is 15.8 Å². The summed E-state index contributed by atoms with van der Waals surface area (Å²) in [5.41, 5.74) is 6.46. The number of nitrogens with one attached hydrogen (secondary N) is 1. The quantitative estimate of drug-likeness (QED) is 0.832. The van der Waals surface area contributed by atoms with Gasteiger partial charge >= 0.3 is 0 Å². The highest BCUT2D eigenvalue weighted by Crippen LogP contribution is 2.24. The molecule has 3 N–H and O–H groups in total. The zero-order chi connectivity index (χ0) is 11.5. The van der Waals surface area contributed by atoms with E-state index in [0.717, 1.165) is 28.3 Å². The Kier molecular flexibility index (Phi) is 3.49. The van der Waals surface area contributed by atoms with Crippen LogP contribution in [-0.4, -0.2) is 11.9 Å². The minimum Gasteiger partial charge on any atom is -0.398 e. The summed E-state index contributed by atoms with van der Waals surface area (Å²) in [7, 11) is 0. The van der Waals surface area contributed by atoms with Crippen LogP contribution in [0.1, 0.15) is 46.7 Å². The molecule has 1 aromatic rings. The summed E-state index contributed by atoms with van der Waals surface area (Å²) in [6.45, 7) is 1.94. The Hall–Kier alpha value is -1.03. The summed E-state index contributed by atoms with van der Waals surface area (Å²) < 4.78 is 0. The third-order valence-electron chi connectivity index (χ3n) is 3.12. The van der Waals surface area contributed by atoms with Crippen LogP contribution in [0.25, 0.3) is 0 Å². The number of rotatable bonds is 2. The van der Waals surface area contributed by atoms with E-state index in [-0.39, 0.29) is 5.91 Å². The summed E-state index contributed by atoms with van der Waals surface area (Å²) >= 11 is 1.47. The number of carbonyl (C=O) groups excluding carboxylic acids is 1. The van der Waals surface area contributed by atoms with Gasteiger partial charge in [-0.25, -0.2) is 0 Å². The molecule has 1 aliphatic carbocycles. The average molecular weight is 238 g/mol. The molecule has 0 atom stereocenters. The minimum atomic E-state index is 0.0386. The summed E-state index contributed by atoms with van der Waals surface area (Å²) in [6.07, 6.45) is 6.00. The summed E-state index contributed by atoms with van der Waals surface area (Å²) in [5, 5.41) is 3.09. The van der Waals surface area contributed by atoms with E-state index in [9.17, 15) is 4.79 Å². The first kappa shape index (κ1) is 11.5. The van der Waals surface area contributed by atoms with Gasteiger partial charge in [-0.15, -0.1) is 11.3 Å². The van der Waals surface area contributed by atoms with Crippen LogP contribution in [0.4, 0.5) is 5.69 Å². The lowest BCUT2D eigenvalue weighted by Crippen LogP contribution is -2.35. The maximum absolute atomic E-state index is 11.9. The van der Waals surface area contributed by atoms with Gasteiger partial charge in [0.25, 0.3) is 5.91 Å². The van der Waals surface area contributed by atoms with Crippen LogP contribution in [0.2, 0.25) is 0 Å². The van der Waals surface area contributed by atoms with Gasteiger partial charge in [0, 0.05) is 16.6 Å². The van der Waals surface area contributed by atoms with Gasteiger partial charge in [-0.3, -0.25) is 4.79 Å². The zero-order valence-electron chi connectivity index (χ0n) is 9.58. The fourth-order valence-electron chi connectivity index (χ4n) is 2.11. The Morgan fingerprint density at radius 3 is 2.69 bits per heavy atom. The van der Waals surface area contributed by atoms with Crippen LogP contribution in [0.3, 0.4) is 0 Å². The van der Waals surface area contributed by atoms with Gasteiger partial charge in [0.2, 0.25) is 0 Å². The Morgan fingerprint density at radius 1 is 1.44 bits per heavy atom. The number of thiophene rings is 1. The van der Waals surface area contributed by atoms with Gasteiger partial charge in [-0.2, -0.15) is 0 Å². The number of carbonyl (C=O) groups is 1. The molecule has 0 radical (unpaired) electrons. The predicted octanol–water partition coefficient (Wildman–Crippen LogP) is 2.70. The monoisotopic (exact) mass is 238 g/mol. The number of amides is 1. The van der Waals surface area contributed by atoms with Crippen LogP contribution in [0.5, 0.6) is 0 Å². The first-order valence-electron chi connectivity index (χ1n) is 5.83. The number of anilines is 1. The number of hydrogen-bond donors (Lipinski definition) is 2. The highest BCUT2D eigenvalue weighted by atomic mass is 32.1. The third kappa shape index (κ3) is 2.55. The molecule has 1 amide bonds. The summed E-state index contributed by atoms with van der Waals surface area (Å²) in [5.74, 6) is 0.0386. The molecule has 1 fully saturated rings. The molecule has 88 valence electrons. The van der Waals surface area contributed by atoms with E-state index in [2.05, 4.69) is 5.32 Å². The van der Waals surface area contributed by atoms with Crippen molar-refractivity contribution in [3.63, 3.8) is 0 Å². The van der Waals surface area contributed by atoms with Crippen LogP contribution in [-0.2, 0) is 0 Å². The van der Waals surface area contributed by atoms with Crippen molar-refractivity contribution in [1.82, 2.24) is 5.32 Å². The second kappa shape index (κ2) is 4.87. The molecule has 0 saturated heterocycles. The first-order chi connectivity index (χ1) is 7.66. The first-order valence-corrected chi connectivity index (χ1v) is 6.65. The Labute approximate surface area is 100 Å². The lowest BCUT2D eigenvalue weighted by molar-refractivity contribution is 0.0932. The number of nitrogens with two attached hydrogens (primary N) is 1. The maximum atomic E-state index is 11.9. The highest BCUT2D eigenvalue weighted by Gasteiger charge is 2.18. The number of aryl methyl sites for hydroxylation is 1. The van der Waals surface area contributed by atoms with Crippen LogP contribution in [0.15, 0.2) is 6.07 Å². The van der Waals surface area contributed by atoms with Crippen molar-refractivity contribution < 1.29 is 4.79 Å². The van der Waals surface area contributed by atoms with Gasteiger partial charge in [-0.1, -0.05) is 19.3 Å². The molecule has 3 nitrogen and oxygen atoms in total. The third-order valence-corrected chi connectivity index (χ3v) is 4.19. The largest absolute Gasteiger partial charge is 0.398 e. The Morgan fingerprint density at radius 2 is 2.12 bits per heavy atom. The van der Waals surface area contributed by atoms with Crippen molar-refractivity contribution in [2.75, 3.05) is 5.73 Å². The van der Waals surface area contributed by atoms with E-state index >= 15 is 0 Å². The molecular formula is C12H18N2OS. The standard InChI is InChI=1S/C12H18N2OS/c1-8-10(13)7-11(16-8)12(15)14-9-5-3-2-4-6-9/h7,9H,2-6,13H2,1H3,(H,14,15). The molecule has 1 heterocycles. The second-order valence-electron chi connectivity index (χ2n) is 4.43. The Balaban J connectivity index is 1.96. The van der Waals surface area contributed by atoms with Crippen molar-refractivity contribution >= 4 is 22.9 Å². The van der Waals surface area contributed by atoms with Crippen LogP contribution >= 0.6 is 11.3 Å². The molecule has 1 saturated carbocycles. The molecule has 1 aromatic heterocycles. The topological polar surface area (TPSA) is 55.1 Å². The highest BCUT2D eigenvalue weighted by molar-refractivity contribution is 7.14. The summed E-state index contributed by atoms with van der Waals surface area (Å²) in [6, 6.07) is 2.14. The van der Waals surface area contributed by atoms with Gasteiger partial charge in [-0.05, 0) is 25.8 Å². The average Bonchev–Trinajstić information content (AvgIpc) is 2.61. The van der Waals surface area contributed by atoms with Crippen LogP contribution < -0.4 is 11.1 Å². The zero-order valence-corrected chi connectivity index (χ0v) is 10.4. The van der Waals surface area contributed by atoms with E-state index in [1.165, 1.54) is 30.6 Å². The number of hydrogen-bond acceptors (Lipinski definition) is 3. The molecular weight excluding hydrogens is 220 g/mol. The van der Waals surface area contributed by atoms with E-state index in [4.69, 9.17) is 5.73 Å². The van der Waals surface area contributed by atoms with Gasteiger partial charge in [0.1, 0.15) is 0 Å². The second-order valence-corrected chi connectivity index (χ2v) is 5.69. The lowest BCUT2D eigenvalue weighted by Gasteiger charge is -2.22. The van der Waals surface area contributed by atoms with Crippen molar-refractivity contribution in [2.45, 2.75) is 45.1 Å². The molecule has 0 aromatic carbocycles. The molecule has 0 bridgehead atoms. The van der Waals surface area contributed by atoms with E-state index in [0.29, 0.717) is 6.04 Å². The smallest absolute Gasteiger partial charge is 0.261 e. The molecule has 0 spiro atoms. The number of nitrogen functional groups attached to an aromatic ring is 1. The van der Waals surface area contributed by atoms with Crippen LogP contribution in [0, 0.1) is 6.92 Å². The lowest BCUT2D eigenvalue weighted by atomic mass is 9.95. The van der Waals surface area contributed by atoms with Gasteiger partial charge in [0.05, 0.1) is 4.88 Å². The minimum absolute atomic E-state index is 0.0386. The normalized spacial score (nSPS) is 17.3. The summed E-state index contributed by atoms with van der Waals surface area (Å²) in [4.78, 5) is 13.7. The molecule has 4 heteroatoms.